The Balaban J connectivity index is 0.000000269. The molecule has 0 aliphatic carbocycles. The SMILES string of the molecule is C=C/C(=C\C=C/C)c1ccccc1.C=C/C=C\C(=C/C)c1ccccc1.C=CC.C=CNc1ccc(-c2ccc(-c3ccc(N)cc3)cc2)cc1. The second kappa shape index (κ2) is 24.7. The molecular formula is C49H52N2. The first-order valence-corrected chi connectivity index (χ1v) is 17.0. The van der Waals surface area contributed by atoms with Crippen LogP contribution in [0.25, 0.3) is 33.4 Å². The first kappa shape index (κ1) is 40.8. The van der Waals surface area contributed by atoms with Crippen molar-refractivity contribution in [3.8, 4) is 22.3 Å². The van der Waals surface area contributed by atoms with Gasteiger partial charge in [0.15, 0.2) is 0 Å². The smallest absolute Gasteiger partial charge is 0.0379 e. The van der Waals surface area contributed by atoms with Crippen LogP contribution in [0.15, 0.2) is 221 Å². The molecule has 0 spiro atoms. The number of nitrogens with two attached hydrogens (primary N) is 1. The van der Waals surface area contributed by atoms with Crippen LogP contribution >= 0.6 is 0 Å². The Morgan fingerprint density at radius 2 is 0.980 bits per heavy atom. The molecule has 51 heavy (non-hydrogen) atoms. The van der Waals surface area contributed by atoms with Gasteiger partial charge in [0.1, 0.15) is 0 Å². The summed E-state index contributed by atoms with van der Waals surface area (Å²) in [6, 6.07) is 45.3. The van der Waals surface area contributed by atoms with Crippen molar-refractivity contribution < 1.29 is 0 Å². The van der Waals surface area contributed by atoms with E-state index in [1.54, 1.807) is 18.4 Å². The summed E-state index contributed by atoms with van der Waals surface area (Å²) in [5.41, 5.74) is 17.1. The highest BCUT2D eigenvalue weighted by Gasteiger charge is 2.01. The number of benzene rings is 5. The van der Waals surface area contributed by atoms with Gasteiger partial charge in [-0.3, -0.25) is 0 Å². The standard InChI is InChI=1S/C20H18N2.2C13H14.C3H6/c1-2-22-20-13-9-18(10-14-20)16-5-3-15(4-6-16)17-7-11-19(21)12-8-17;2*1-3-5-9-12(4-2)13-10-7-6-8-11-13;1-3-2/h2-14,22H,1,21H2;3-11H,2H2,1H3;3-11H,1H2,2H3;3H,1H2,2H3/b;5-3-,12-9+;9-5-,12-4+;. The molecule has 0 saturated heterocycles. The zero-order valence-corrected chi connectivity index (χ0v) is 30.4. The number of hydrogen-bond acceptors (Lipinski definition) is 2. The quantitative estimate of drug-likeness (QED) is 0.0883. The van der Waals surface area contributed by atoms with Crippen molar-refractivity contribution in [2.45, 2.75) is 20.8 Å². The largest absolute Gasteiger partial charge is 0.399 e. The molecule has 0 aliphatic rings. The van der Waals surface area contributed by atoms with Gasteiger partial charge in [0.25, 0.3) is 0 Å². The molecule has 0 aliphatic heterocycles. The minimum Gasteiger partial charge on any atom is -0.399 e. The van der Waals surface area contributed by atoms with E-state index in [0.29, 0.717) is 0 Å². The summed E-state index contributed by atoms with van der Waals surface area (Å²) in [5.74, 6) is 0. The lowest BCUT2D eigenvalue weighted by atomic mass is 10.00. The van der Waals surface area contributed by atoms with Gasteiger partial charge in [-0.05, 0) is 95.8 Å². The minimum absolute atomic E-state index is 0.786. The van der Waals surface area contributed by atoms with E-state index in [-0.39, 0.29) is 0 Å². The maximum atomic E-state index is 5.73. The van der Waals surface area contributed by atoms with Crippen LogP contribution in [0.5, 0.6) is 0 Å². The number of nitrogens with one attached hydrogen (secondary N) is 1. The van der Waals surface area contributed by atoms with Gasteiger partial charge in [0.05, 0.1) is 0 Å². The van der Waals surface area contributed by atoms with Crippen LogP contribution in [-0.2, 0) is 0 Å². The molecule has 2 heteroatoms. The fourth-order valence-corrected chi connectivity index (χ4v) is 4.68. The van der Waals surface area contributed by atoms with Gasteiger partial charge in [-0.15, -0.1) is 6.58 Å². The second-order valence-corrected chi connectivity index (χ2v) is 11.0. The van der Waals surface area contributed by atoms with Gasteiger partial charge in [0.2, 0.25) is 0 Å². The Morgan fingerprint density at radius 1 is 0.549 bits per heavy atom. The molecule has 2 nitrogen and oxygen atoms in total. The summed E-state index contributed by atoms with van der Waals surface area (Å²) in [6.45, 7) is 20.4. The molecule has 5 aromatic carbocycles. The van der Waals surface area contributed by atoms with Gasteiger partial charge in [-0.25, -0.2) is 0 Å². The zero-order valence-electron chi connectivity index (χ0n) is 30.4. The molecule has 0 unspecified atom stereocenters. The number of hydrogen-bond donors (Lipinski definition) is 2. The van der Waals surface area contributed by atoms with E-state index in [2.05, 4.69) is 111 Å². The fourth-order valence-electron chi connectivity index (χ4n) is 4.68. The topological polar surface area (TPSA) is 38.0 Å². The van der Waals surface area contributed by atoms with Gasteiger partial charge in [-0.2, -0.15) is 0 Å². The van der Waals surface area contributed by atoms with Crippen LogP contribution in [0.4, 0.5) is 11.4 Å². The third-order valence-electron chi connectivity index (χ3n) is 7.24. The predicted octanol–water partition coefficient (Wildman–Crippen LogP) is 14.0. The molecular weight excluding hydrogens is 617 g/mol. The Hall–Kier alpha value is -6.38. The van der Waals surface area contributed by atoms with Gasteiger partial charge in [-0.1, -0.05) is 184 Å². The molecule has 5 rings (SSSR count). The van der Waals surface area contributed by atoms with Crippen LogP contribution in [-0.4, -0.2) is 0 Å². The molecule has 0 saturated carbocycles. The number of nitrogen functional groups attached to an aromatic ring is 1. The minimum atomic E-state index is 0.786. The van der Waals surface area contributed by atoms with E-state index in [0.717, 1.165) is 16.9 Å². The lowest BCUT2D eigenvalue weighted by Crippen LogP contribution is -1.86. The van der Waals surface area contributed by atoms with Crippen molar-refractivity contribution in [1.82, 2.24) is 0 Å². The Labute approximate surface area is 307 Å². The van der Waals surface area contributed by atoms with Crippen molar-refractivity contribution in [2.24, 2.45) is 0 Å². The third-order valence-corrected chi connectivity index (χ3v) is 7.24. The molecule has 0 radical (unpaired) electrons. The van der Waals surface area contributed by atoms with E-state index in [9.17, 15) is 0 Å². The average molecular weight is 669 g/mol. The summed E-state index contributed by atoms with van der Waals surface area (Å²) in [5, 5.41) is 3.08. The summed E-state index contributed by atoms with van der Waals surface area (Å²) in [6.07, 6.45) is 19.3. The van der Waals surface area contributed by atoms with E-state index < -0.39 is 0 Å². The van der Waals surface area contributed by atoms with Crippen LogP contribution < -0.4 is 11.1 Å². The highest BCUT2D eigenvalue weighted by atomic mass is 14.8. The van der Waals surface area contributed by atoms with Crippen LogP contribution in [0.3, 0.4) is 0 Å². The third kappa shape index (κ3) is 15.2. The number of rotatable bonds is 10. The van der Waals surface area contributed by atoms with Crippen LogP contribution in [0.2, 0.25) is 0 Å². The van der Waals surface area contributed by atoms with Gasteiger partial charge < -0.3 is 11.1 Å². The Morgan fingerprint density at radius 3 is 1.37 bits per heavy atom. The molecule has 0 fully saturated rings. The molecule has 0 heterocycles. The monoisotopic (exact) mass is 668 g/mol. The van der Waals surface area contributed by atoms with E-state index in [1.807, 2.05) is 118 Å². The second-order valence-electron chi connectivity index (χ2n) is 11.0. The van der Waals surface area contributed by atoms with Gasteiger partial charge in [0, 0.05) is 11.4 Å². The zero-order chi connectivity index (χ0) is 37.1. The molecule has 5 aromatic rings. The van der Waals surface area contributed by atoms with Crippen LogP contribution in [0.1, 0.15) is 31.9 Å². The lowest BCUT2D eigenvalue weighted by molar-refractivity contribution is 1.56. The molecule has 0 aromatic heterocycles. The van der Waals surface area contributed by atoms with E-state index in [4.69, 9.17) is 5.73 Å². The maximum Gasteiger partial charge on any atom is 0.0379 e. The lowest BCUT2D eigenvalue weighted by Gasteiger charge is -2.07. The summed E-state index contributed by atoms with van der Waals surface area (Å²) in [4.78, 5) is 0. The molecule has 0 bridgehead atoms. The highest BCUT2D eigenvalue weighted by Crippen LogP contribution is 2.26. The number of anilines is 2. The highest BCUT2D eigenvalue weighted by molar-refractivity contribution is 5.75. The summed E-state index contributed by atoms with van der Waals surface area (Å²) in [7, 11) is 0. The van der Waals surface area contributed by atoms with Gasteiger partial charge >= 0.3 is 0 Å². The van der Waals surface area contributed by atoms with Crippen molar-refractivity contribution in [3.05, 3.63) is 232 Å². The molecule has 0 amide bonds. The van der Waals surface area contributed by atoms with Crippen molar-refractivity contribution in [3.63, 3.8) is 0 Å². The Bertz CT molecular complexity index is 1850. The fraction of sp³-hybridized carbons (Fsp3) is 0.0612. The summed E-state index contributed by atoms with van der Waals surface area (Å²) >= 11 is 0. The first-order chi connectivity index (χ1) is 24.9. The van der Waals surface area contributed by atoms with E-state index in [1.165, 1.54) is 39.0 Å². The summed E-state index contributed by atoms with van der Waals surface area (Å²) < 4.78 is 0. The van der Waals surface area contributed by atoms with E-state index >= 15 is 0 Å². The predicted molar refractivity (Wildman–Crippen MR) is 230 cm³/mol. The van der Waals surface area contributed by atoms with Crippen molar-refractivity contribution in [1.29, 1.82) is 0 Å². The molecule has 0 atom stereocenters. The normalized spacial score (nSPS) is 10.7. The van der Waals surface area contributed by atoms with Crippen LogP contribution in [0, 0.1) is 0 Å². The van der Waals surface area contributed by atoms with Crippen molar-refractivity contribution in [2.75, 3.05) is 11.1 Å². The first-order valence-electron chi connectivity index (χ1n) is 17.0. The van der Waals surface area contributed by atoms with Crippen molar-refractivity contribution >= 4 is 22.5 Å². The number of allylic oxidation sites excluding steroid dienone is 11. The average Bonchev–Trinajstić information content (AvgIpc) is 3.18. The molecule has 258 valence electrons. The maximum absolute atomic E-state index is 5.73. The Kier molecular flexibility index (Phi) is 19.8. The molecule has 3 N–H and O–H groups in total.